The van der Waals surface area contributed by atoms with E-state index in [9.17, 15) is 9.59 Å². The fraction of sp³-hybridized carbons (Fsp3) is 0.455. The van der Waals surface area contributed by atoms with Crippen LogP contribution in [0.15, 0.2) is 24.4 Å². The average molecular weight is 442 g/mol. The van der Waals surface area contributed by atoms with Crippen molar-refractivity contribution in [1.82, 2.24) is 20.1 Å². The van der Waals surface area contributed by atoms with Crippen LogP contribution >= 0.6 is 11.3 Å². The molecule has 1 aliphatic rings. The number of fused-ring (bicyclic) bond motifs is 1. The second-order valence-corrected chi connectivity index (χ2v) is 9.85. The zero-order valence-corrected chi connectivity index (χ0v) is 19.0. The summed E-state index contributed by atoms with van der Waals surface area (Å²) in [5, 5.41) is 13.5. The molecule has 0 bridgehead atoms. The van der Waals surface area contributed by atoms with Gasteiger partial charge in [0.15, 0.2) is 0 Å². The van der Waals surface area contributed by atoms with E-state index in [2.05, 4.69) is 41.3 Å². The molecule has 3 aromatic rings. The lowest BCUT2D eigenvalue weighted by molar-refractivity contribution is -0.128. The molecule has 0 aliphatic carbocycles. The molecular formula is C22H27N5O3S. The van der Waals surface area contributed by atoms with Gasteiger partial charge in [-0.05, 0) is 30.2 Å². The Bertz CT molecular complexity index is 1110. The van der Waals surface area contributed by atoms with Crippen LogP contribution < -0.4 is 10.1 Å². The normalized spacial score (nSPS) is 16.8. The quantitative estimate of drug-likeness (QED) is 0.611. The Kier molecular flexibility index (Phi) is 5.70. The Morgan fingerprint density at radius 2 is 2.16 bits per heavy atom. The van der Waals surface area contributed by atoms with E-state index >= 15 is 0 Å². The second kappa shape index (κ2) is 8.30. The van der Waals surface area contributed by atoms with Crippen LogP contribution in [0.4, 0.5) is 5.13 Å². The highest BCUT2D eigenvalue weighted by Crippen LogP contribution is 2.29. The molecule has 164 valence electrons. The number of aromatic nitrogens is 3. The van der Waals surface area contributed by atoms with E-state index in [0.29, 0.717) is 24.6 Å². The lowest BCUT2D eigenvalue weighted by Crippen LogP contribution is -2.30. The van der Waals surface area contributed by atoms with Crippen molar-refractivity contribution in [2.75, 3.05) is 25.5 Å². The van der Waals surface area contributed by atoms with Gasteiger partial charge in [-0.15, -0.1) is 10.2 Å². The molecule has 31 heavy (non-hydrogen) atoms. The number of rotatable bonds is 6. The smallest absolute Gasteiger partial charge is 0.231 e. The molecule has 1 saturated heterocycles. The summed E-state index contributed by atoms with van der Waals surface area (Å²) in [5.74, 6) is 0.251. The van der Waals surface area contributed by atoms with E-state index in [1.807, 2.05) is 24.4 Å². The maximum absolute atomic E-state index is 12.7. The standard InChI is InChI=1S/C22H27N5O3S/c1-22(2,3)20-25-26-21(31-20)24-19(29)14-9-18(28)27(12-14)8-7-13-11-23-17-6-5-15(30-4)10-16(13)17/h5-6,10-11,14,23H,7-9,12H2,1-4H3,(H,24,26,29)/t14-/m0/s1. The van der Waals surface area contributed by atoms with Crippen LogP contribution in [0, 0.1) is 5.92 Å². The van der Waals surface area contributed by atoms with E-state index in [1.165, 1.54) is 11.3 Å². The highest BCUT2D eigenvalue weighted by Gasteiger charge is 2.34. The third kappa shape index (κ3) is 4.56. The Balaban J connectivity index is 1.36. The predicted octanol–water partition coefficient (Wildman–Crippen LogP) is 3.36. The van der Waals surface area contributed by atoms with Gasteiger partial charge in [-0.3, -0.25) is 9.59 Å². The maximum atomic E-state index is 12.7. The molecule has 9 heteroatoms. The van der Waals surface area contributed by atoms with Gasteiger partial charge in [-0.1, -0.05) is 32.1 Å². The second-order valence-electron chi connectivity index (χ2n) is 8.87. The zero-order valence-electron chi connectivity index (χ0n) is 18.2. The number of nitrogens with one attached hydrogen (secondary N) is 2. The summed E-state index contributed by atoms with van der Waals surface area (Å²) in [6, 6.07) is 5.90. The Morgan fingerprint density at radius 3 is 2.87 bits per heavy atom. The van der Waals surface area contributed by atoms with Gasteiger partial charge in [0.1, 0.15) is 10.8 Å². The van der Waals surface area contributed by atoms with Gasteiger partial charge >= 0.3 is 0 Å². The molecule has 2 N–H and O–H groups in total. The van der Waals surface area contributed by atoms with Crippen LogP contribution in [-0.4, -0.2) is 52.1 Å². The number of aromatic amines is 1. The third-order valence-corrected chi connectivity index (χ3v) is 6.77. The third-order valence-electron chi connectivity index (χ3n) is 5.51. The van der Waals surface area contributed by atoms with Crippen molar-refractivity contribution in [2.24, 2.45) is 5.92 Å². The molecule has 4 rings (SSSR count). The van der Waals surface area contributed by atoms with Gasteiger partial charge in [-0.2, -0.15) is 0 Å². The molecule has 0 spiro atoms. The molecule has 1 aliphatic heterocycles. The van der Waals surface area contributed by atoms with E-state index in [-0.39, 0.29) is 29.6 Å². The molecule has 1 aromatic carbocycles. The van der Waals surface area contributed by atoms with Gasteiger partial charge in [0.2, 0.25) is 16.9 Å². The summed E-state index contributed by atoms with van der Waals surface area (Å²) < 4.78 is 5.32. The monoisotopic (exact) mass is 441 g/mol. The lowest BCUT2D eigenvalue weighted by atomic mass is 9.98. The maximum Gasteiger partial charge on any atom is 0.231 e. The van der Waals surface area contributed by atoms with Crippen molar-refractivity contribution >= 4 is 39.2 Å². The van der Waals surface area contributed by atoms with Crippen molar-refractivity contribution < 1.29 is 14.3 Å². The number of likely N-dealkylation sites (tertiary alicyclic amines) is 1. The summed E-state index contributed by atoms with van der Waals surface area (Å²) in [6.07, 6.45) is 2.90. The first-order valence-electron chi connectivity index (χ1n) is 10.3. The number of ether oxygens (including phenoxy) is 1. The molecule has 2 amide bonds. The number of methoxy groups -OCH3 is 1. The summed E-state index contributed by atoms with van der Waals surface area (Å²) in [4.78, 5) is 30.2. The van der Waals surface area contributed by atoms with Gasteiger partial charge < -0.3 is 19.9 Å². The fourth-order valence-corrected chi connectivity index (χ4v) is 4.50. The summed E-state index contributed by atoms with van der Waals surface area (Å²) in [7, 11) is 1.65. The Morgan fingerprint density at radius 1 is 1.35 bits per heavy atom. The largest absolute Gasteiger partial charge is 0.497 e. The minimum atomic E-state index is -0.377. The van der Waals surface area contributed by atoms with Gasteiger partial charge in [-0.25, -0.2) is 0 Å². The first-order valence-corrected chi connectivity index (χ1v) is 11.1. The summed E-state index contributed by atoms with van der Waals surface area (Å²) in [6.45, 7) is 7.14. The van der Waals surface area contributed by atoms with Crippen molar-refractivity contribution in [3.05, 3.63) is 35.0 Å². The molecular weight excluding hydrogens is 414 g/mol. The summed E-state index contributed by atoms with van der Waals surface area (Å²) in [5.41, 5.74) is 2.04. The number of benzene rings is 1. The Labute approximate surface area is 185 Å². The SMILES string of the molecule is COc1ccc2[nH]cc(CCN3C[C@@H](C(=O)Nc4nnc(C(C)(C)C)s4)CC3=O)c2c1. The minimum absolute atomic E-state index is 0.00483. The van der Waals surface area contributed by atoms with E-state index in [1.54, 1.807) is 12.0 Å². The van der Waals surface area contributed by atoms with Crippen molar-refractivity contribution in [3.63, 3.8) is 0 Å². The number of amides is 2. The molecule has 0 unspecified atom stereocenters. The van der Waals surface area contributed by atoms with Crippen LogP contribution in [0.1, 0.15) is 37.8 Å². The highest BCUT2D eigenvalue weighted by molar-refractivity contribution is 7.15. The van der Waals surface area contributed by atoms with Gasteiger partial charge in [0, 0.05) is 42.0 Å². The average Bonchev–Trinajstić information content (AvgIpc) is 3.44. The molecule has 0 radical (unpaired) electrons. The van der Waals surface area contributed by atoms with Gasteiger partial charge in [0.05, 0.1) is 13.0 Å². The highest BCUT2D eigenvalue weighted by atomic mass is 32.1. The number of hydrogen-bond acceptors (Lipinski definition) is 6. The van der Waals surface area contributed by atoms with E-state index in [0.717, 1.165) is 27.2 Å². The fourth-order valence-electron chi connectivity index (χ4n) is 3.69. The lowest BCUT2D eigenvalue weighted by Gasteiger charge is -2.16. The topological polar surface area (TPSA) is 100 Å². The predicted molar refractivity (Wildman–Crippen MR) is 120 cm³/mol. The first kappa shape index (κ1) is 21.3. The zero-order chi connectivity index (χ0) is 22.2. The molecule has 1 atom stereocenters. The number of nitrogens with zero attached hydrogens (tertiary/aromatic N) is 3. The molecule has 1 fully saturated rings. The number of hydrogen-bond donors (Lipinski definition) is 2. The van der Waals surface area contributed by atoms with Crippen LogP contribution in [0.3, 0.4) is 0 Å². The molecule has 3 heterocycles. The summed E-state index contributed by atoms with van der Waals surface area (Å²) >= 11 is 1.37. The number of H-pyrrole nitrogens is 1. The molecule has 0 saturated carbocycles. The number of carbonyl (C=O) groups excluding carboxylic acids is 2. The van der Waals surface area contributed by atoms with Crippen LogP contribution in [0.2, 0.25) is 0 Å². The van der Waals surface area contributed by atoms with Crippen molar-refractivity contribution in [1.29, 1.82) is 0 Å². The number of carbonyl (C=O) groups is 2. The van der Waals surface area contributed by atoms with Crippen LogP contribution in [0.25, 0.3) is 10.9 Å². The Hall–Kier alpha value is -2.94. The van der Waals surface area contributed by atoms with Crippen LogP contribution in [0.5, 0.6) is 5.75 Å². The molecule has 2 aromatic heterocycles. The molecule has 8 nitrogen and oxygen atoms in total. The van der Waals surface area contributed by atoms with E-state index < -0.39 is 0 Å². The van der Waals surface area contributed by atoms with Crippen LogP contribution in [-0.2, 0) is 21.4 Å². The first-order chi connectivity index (χ1) is 14.7. The van der Waals surface area contributed by atoms with Gasteiger partial charge in [0.25, 0.3) is 0 Å². The minimum Gasteiger partial charge on any atom is -0.497 e. The van der Waals surface area contributed by atoms with Crippen molar-refractivity contribution in [2.45, 2.75) is 39.0 Å². The van der Waals surface area contributed by atoms with Crippen molar-refractivity contribution in [3.8, 4) is 5.75 Å². The van der Waals surface area contributed by atoms with E-state index in [4.69, 9.17) is 4.74 Å². The number of anilines is 1.